The van der Waals surface area contributed by atoms with Crippen LogP contribution in [0.1, 0.15) is 25.0 Å². The van der Waals surface area contributed by atoms with Gasteiger partial charge in [-0.25, -0.2) is 8.42 Å². The van der Waals surface area contributed by atoms with Crippen LogP contribution in [0.4, 0.5) is 0 Å². The van der Waals surface area contributed by atoms with Crippen LogP contribution in [0.3, 0.4) is 0 Å². The molecule has 0 radical (unpaired) electrons. The summed E-state index contributed by atoms with van der Waals surface area (Å²) in [6.07, 6.45) is -0.308. The Morgan fingerprint density at radius 1 is 1.48 bits per heavy atom. The van der Waals surface area contributed by atoms with E-state index in [9.17, 15) is 8.42 Å². The van der Waals surface area contributed by atoms with Crippen LogP contribution in [0.25, 0.3) is 0 Å². The molecular weight excluding hydrogens is 316 g/mol. The number of methoxy groups -OCH3 is 1. The molecular formula is C16H22N2O4S. The number of benzene rings is 1. The normalized spacial score (nSPS) is 21.8. The highest BCUT2D eigenvalue weighted by Crippen LogP contribution is 2.28. The van der Waals surface area contributed by atoms with Crippen molar-refractivity contribution >= 4 is 10.0 Å². The van der Waals surface area contributed by atoms with E-state index < -0.39 is 15.6 Å². The zero-order valence-electron chi connectivity index (χ0n) is 13.9. The van der Waals surface area contributed by atoms with E-state index in [1.54, 1.807) is 20.1 Å². The Kier molecular flexibility index (Phi) is 5.11. The number of ether oxygens (including phenoxy) is 2. The summed E-state index contributed by atoms with van der Waals surface area (Å²) in [5, 5.41) is 8.93. The summed E-state index contributed by atoms with van der Waals surface area (Å²) < 4.78 is 38.4. The smallest absolute Gasteiger partial charge is 0.243 e. The van der Waals surface area contributed by atoms with E-state index in [0.717, 1.165) is 0 Å². The van der Waals surface area contributed by atoms with Gasteiger partial charge in [0, 0.05) is 20.2 Å². The maximum atomic E-state index is 13.0. The molecule has 1 atom stereocenters. The van der Waals surface area contributed by atoms with Crippen molar-refractivity contribution in [2.24, 2.45) is 0 Å². The lowest BCUT2D eigenvalue weighted by molar-refractivity contribution is -0.135. The van der Waals surface area contributed by atoms with Crippen molar-refractivity contribution < 1.29 is 17.9 Å². The molecule has 23 heavy (non-hydrogen) atoms. The van der Waals surface area contributed by atoms with Crippen LogP contribution >= 0.6 is 0 Å². The summed E-state index contributed by atoms with van der Waals surface area (Å²) in [6, 6.07) is 6.63. The predicted octanol–water partition coefficient (Wildman–Crippen LogP) is 1.68. The second-order valence-corrected chi connectivity index (χ2v) is 8.25. The van der Waals surface area contributed by atoms with Crippen molar-refractivity contribution in [2.75, 3.05) is 26.8 Å². The van der Waals surface area contributed by atoms with Gasteiger partial charge < -0.3 is 9.47 Å². The Morgan fingerprint density at radius 2 is 2.17 bits per heavy atom. The molecule has 0 aromatic heterocycles. The predicted molar refractivity (Wildman–Crippen MR) is 85.5 cm³/mol. The maximum absolute atomic E-state index is 13.0. The van der Waals surface area contributed by atoms with Gasteiger partial charge in [0.25, 0.3) is 0 Å². The molecule has 6 nitrogen and oxygen atoms in total. The lowest BCUT2D eigenvalue weighted by atomic mass is 10.1. The molecule has 0 unspecified atom stereocenters. The molecule has 2 rings (SSSR count). The first-order valence-electron chi connectivity index (χ1n) is 7.37. The van der Waals surface area contributed by atoms with Crippen molar-refractivity contribution in [2.45, 2.75) is 37.4 Å². The Hall–Kier alpha value is -1.46. The third-order valence-corrected chi connectivity index (χ3v) is 5.70. The lowest BCUT2D eigenvalue weighted by Gasteiger charge is -2.41. The number of hydrogen-bond acceptors (Lipinski definition) is 5. The first kappa shape index (κ1) is 17.9. The van der Waals surface area contributed by atoms with Crippen LogP contribution in [-0.4, -0.2) is 51.2 Å². The van der Waals surface area contributed by atoms with Gasteiger partial charge in [-0.05, 0) is 44.5 Å². The quantitative estimate of drug-likeness (QED) is 0.834. The molecule has 0 bridgehead atoms. The first-order valence-corrected chi connectivity index (χ1v) is 8.81. The summed E-state index contributed by atoms with van der Waals surface area (Å²) >= 11 is 0. The Bertz CT molecular complexity index is 722. The number of aryl methyl sites for hydroxylation is 1. The van der Waals surface area contributed by atoms with Gasteiger partial charge in [-0.3, -0.25) is 0 Å². The highest BCUT2D eigenvalue weighted by atomic mass is 32.2. The molecule has 1 aliphatic rings. The van der Waals surface area contributed by atoms with Crippen LogP contribution < -0.4 is 0 Å². The molecule has 1 heterocycles. The Morgan fingerprint density at radius 3 is 2.74 bits per heavy atom. The second kappa shape index (κ2) is 6.57. The molecule has 126 valence electrons. The van der Waals surface area contributed by atoms with Gasteiger partial charge >= 0.3 is 0 Å². The minimum Gasteiger partial charge on any atom is -0.382 e. The number of nitriles is 1. The monoisotopic (exact) mass is 338 g/mol. The molecule has 1 aromatic carbocycles. The Balaban J connectivity index is 2.36. The third-order valence-electron chi connectivity index (χ3n) is 3.72. The van der Waals surface area contributed by atoms with Crippen LogP contribution in [0.5, 0.6) is 0 Å². The van der Waals surface area contributed by atoms with Crippen molar-refractivity contribution in [3.05, 3.63) is 29.3 Å². The minimum absolute atomic E-state index is 0.227. The van der Waals surface area contributed by atoms with E-state index in [2.05, 4.69) is 0 Å². The van der Waals surface area contributed by atoms with Crippen LogP contribution in [0, 0.1) is 18.3 Å². The van der Waals surface area contributed by atoms with Gasteiger partial charge in [0.2, 0.25) is 10.0 Å². The van der Waals surface area contributed by atoms with Crippen molar-refractivity contribution in [3.8, 4) is 6.07 Å². The fraction of sp³-hybridized carbons (Fsp3) is 0.562. The van der Waals surface area contributed by atoms with E-state index in [-0.39, 0.29) is 24.1 Å². The van der Waals surface area contributed by atoms with Crippen LogP contribution in [0.15, 0.2) is 23.1 Å². The zero-order chi connectivity index (χ0) is 17.3. The number of hydrogen-bond donors (Lipinski definition) is 0. The minimum atomic E-state index is -3.65. The molecule has 7 heteroatoms. The number of sulfonamides is 1. The summed E-state index contributed by atoms with van der Waals surface area (Å²) in [5.74, 6) is 0. The molecule has 0 spiro atoms. The van der Waals surface area contributed by atoms with E-state index in [1.165, 1.54) is 16.4 Å². The zero-order valence-corrected chi connectivity index (χ0v) is 14.7. The highest BCUT2D eigenvalue weighted by Gasteiger charge is 2.39. The molecule has 0 saturated carbocycles. The van der Waals surface area contributed by atoms with Crippen molar-refractivity contribution in [1.29, 1.82) is 5.26 Å². The Labute approximate surface area is 137 Å². The summed E-state index contributed by atoms with van der Waals surface area (Å²) in [5.41, 5.74) is 0.423. The average Bonchev–Trinajstić information content (AvgIpc) is 2.45. The fourth-order valence-corrected chi connectivity index (χ4v) is 4.67. The van der Waals surface area contributed by atoms with E-state index in [1.807, 2.05) is 19.9 Å². The molecule has 0 aliphatic carbocycles. The third kappa shape index (κ3) is 3.90. The molecule has 0 amide bonds. The van der Waals surface area contributed by atoms with Crippen molar-refractivity contribution in [1.82, 2.24) is 4.31 Å². The summed E-state index contributed by atoms with van der Waals surface area (Å²) in [4.78, 5) is 0.227. The van der Waals surface area contributed by atoms with Gasteiger partial charge in [-0.1, -0.05) is 0 Å². The van der Waals surface area contributed by atoms with E-state index in [0.29, 0.717) is 17.7 Å². The van der Waals surface area contributed by atoms with Gasteiger partial charge in [-0.2, -0.15) is 9.57 Å². The van der Waals surface area contributed by atoms with E-state index >= 15 is 0 Å². The van der Waals surface area contributed by atoms with Gasteiger partial charge in [0.05, 0.1) is 34.8 Å². The average molecular weight is 338 g/mol. The SMILES string of the molecule is COC[C@@H]1CN(S(=O)(=O)c2ccc(C#N)cc2C)CC(C)(C)O1. The first-order chi connectivity index (χ1) is 10.7. The maximum Gasteiger partial charge on any atom is 0.243 e. The molecule has 1 aromatic rings. The molecule has 0 N–H and O–H groups in total. The standard InChI is InChI=1S/C16H22N2O4S/c1-12-7-13(8-17)5-6-15(12)23(19,20)18-9-14(10-21-4)22-16(2,3)11-18/h5-7,14H,9-11H2,1-4H3/t14-/m0/s1. The molecule has 1 saturated heterocycles. The van der Waals surface area contributed by atoms with Gasteiger partial charge in [-0.15, -0.1) is 0 Å². The fourth-order valence-electron chi connectivity index (χ4n) is 2.85. The number of nitrogens with zero attached hydrogens (tertiary/aromatic N) is 2. The number of rotatable bonds is 4. The van der Waals surface area contributed by atoms with E-state index in [4.69, 9.17) is 14.7 Å². The van der Waals surface area contributed by atoms with Gasteiger partial charge in [0.15, 0.2) is 0 Å². The van der Waals surface area contributed by atoms with Gasteiger partial charge in [0.1, 0.15) is 0 Å². The molecule has 1 aliphatic heterocycles. The summed E-state index contributed by atoms with van der Waals surface area (Å²) in [7, 11) is -2.09. The topological polar surface area (TPSA) is 79.6 Å². The van der Waals surface area contributed by atoms with Crippen LogP contribution in [0.2, 0.25) is 0 Å². The molecule has 1 fully saturated rings. The van der Waals surface area contributed by atoms with Crippen molar-refractivity contribution in [3.63, 3.8) is 0 Å². The highest BCUT2D eigenvalue weighted by molar-refractivity contribution is 7.89. The largest absolute Gasteiger partial charge is 0.382 e. The summed E-state index contributed by atoms with van der Waals surface area (Å²) in [6.45, 7) is 6.29. The number of morpholine rings is 1. The lowest BCUT2D eigenvalue weighted by Crippen LogP contribution is -2.55. The second-order valence-electron chi connectivity index (χ2n) is 6.34. The van der Waals surface area contributed by atoms with Crippen LogP contribution in [-0.2, 0) is 19.5 Å².